The Hall–Kier alpha value is -3.68. The predicted octanol–water partition coefficient (Wildman–Crippen LogP) is 1.51. The number of anilines is 1. The number of ketones is 1. The Bertz CT molecular complexity index is 2540. The molecule has 1 saturated heterocycles. The third kappa shape index (κ3) is 14.5. The zero-order chi connectivity index (χ0) is 49.4. The van der Waals surface area contributed by atoms with E-state index >= 15 is 0 Å². The number of carbonyl (C=O) groups excluding carboxylic acids is 3. The third-order valence-electron chi connectivity index (χ3n) is 11.5. The number of phosphoric acid groups is 3. The number of ether oxygens (including phenoxy) is 1. The molecule has 9 atom stereocenters. The van der Waals surface area contributed by atoms with Crippen molar-refractivity contribution in [1.82, 2.24) is 35.1 Å². The van der Waals surface area contributed by atoms with Gasteiger partial charge in [-0.2, -0.15) is 16.1 Å². The van der Waals surface area contributed by atoms with E-state index in [1.54, 1.807) is 11.8 Å². The van der Waals surface area contributed by atoms with Crippen molar-refractivity contribution in [2.75, 3.05) is 37.8 Å². The first-order chi connectivity index (χ1) is 32.0. The fourth-order valence-electron chi connectivity index (χ4n) is 7.97. The van der Waals surface area contributed by atoms with Crippen LogP contribution in [0.3, 0.4) is 0 Å². The molecule has 1 saturated carbocycles. The normalized spacial score (nSPS) is 23.5. The van der Waals surface area contributed by atoms with Crippen molar-refractivity contribution in [3.63, 3.8) is 0 Å². The highest BCUT2D eigenvalue weighted by molar-refractivity contribution is 7.99. The van der Waals surface area contributed by atoms with Crippen LogP contribution in [-0.4, -0.2) is 124 Å². The number of carbonyl (C=O) groups is 3. The molecule has 2 fully saturated rings. The lowest BCUT2D eigenvalue weighted by atomic mass is 9.84. The number of para-hydroxylation sites is 1. The standard InChI is InChI=1S/C39H57N8O17P3S/c1-39(2,20-61-67(58,59)64-66(56,57)60-19-28-33(63-65(53,54)55)32(50)38(62-28)47-22-46-31-35(40)44-21-45-36(31)47)34(51)37(52)42-15-14-30(49)41-16-17-68-29-13-6-4-10-25(29)27(48)12-7-8-23-18-43-26-11-5-3-9-24(23)26/h3,5,9,11,18,21-22,25,28-29,32-34,38,43,50-51H,4,6-8,10,12-17,19-20H2,1-2H3,(H,41,49)(H,42,52)(H,56,57)(H,58,59)(H2,40,44,45)(H2,53,54,55)/p-2/t25?,28?,29-,32?,33?,34?,38?/m1/s1. The van der Waals surface area contributed by atoms with E-state index in [1.807, 2.05) is 24.4 Å². The first-order valence-electron chi connectivity index (χ1n) is 21.6. The van der Waals surface area contributed by atoms with Crippen molar-refractivity contribution < 1.29 is 80.5 Å². The van der Waals surface area contributed by atoms with Gasteiger partial charge >= 0.3 is 15.6 Å². The Morgan fingerprint density at radius 3 is 2.54 bits per heavy atom. The number of hydrogen-bond acceptors (Lipinski definition) is 20. The Morgan fingerprint density at radius 2 is 1.78 bits per heavy atom. The maximum Gasteiger partial charge on any atom is 0.481 e. The van der Waals surface area contributed by atoms with Crippen molar-refractivity contribution in [2.24, 2.45) is 11.3 Å². The molecule has 3 aromatic heterocycles. The molecule has 25 nitrogen and oxygen atoms in total. The van der Waals surface area contributed by atoms with E-state index in [0.29, 0.717) is 18.7 Å². The summed E-state index contributed by atoms with van der Waals surface area (Å²) in [7, 11) is -17.0. The zero-order valence-corrected chi connectivity index (χ0v) is 40.5. The van der Waals surface area contributed by atoms with Crippen molar-refractivity contribution in [1.29, 1.82) is 0 Å². The molecule has 68 heavy (non-hydrogen) atoms. The number of nitrogens with zero attached hydrogens (tertiary/aromatic N) is 4. The highest BCUT2D eigenvalue weighted by atomic mass is 32.2. The quantitative estimate of drug-likeness (QED) is 0.0344. The van der Waals surface area contributed by atoms with Gasteiger partial charge < -0.3 is 65.0 Å². The largest absolute Gasteiger partial charge is 0.790 e. The number of aliphatic hydroxyl groups excluding tert-OH is 2. The number of benzene rings is 1. The van der Waals surface area contributed by atoms with Crippen LogP contribution in [-0.2, 0) is 57.1 Å². The molecule has 1 aliphatic carbocycles. The maximum atomic E-state index is 13.3. The molecular weight excluding hydrogens is 977 g/mol. The van der Waals surface area contributed by atoms with Gasteiger partial charge in [0.25, 0.3) is 0 Å². The predicted molar refractivity (Wildman–Crippen MR) is 240 cm³/mol. The molecule has 9 N–H and O–H groups in total. The molecule has 1 aliphatic heterocycles. The second kappa shape index (κ2) is 23.0. The Balaban J connectivity index is 0.886. The topological polar surface area (TPSA) is 385 Å². The molecule has 4 heterocycles. The number of hydrogen-bond donors (Lipinski definition) is 8. The molecule has 376 valence electrons. The van der Waals surface area contributed by atoms with Gasteiger partial charge in [-0.1, -0.05) is 44.9 Å². The fraction of sp³-hybridized carbons (Fsp3) is 0.590. The van der Waals surface area contributed by atoms with E-state index in [1.165, 1.54) is 24.8 Å². The van der Waals surface area contributed by atoms with Crippen molar-refractivity contribution in [3.05, 3.63) is 48.7 Å². The third-order valence-corrected chi connectivity index (χ3v) is 16.0. The Morgan fingerprint density at radius 1 is 1.04 bits per heavy atom. The first kappa shape index (κ1) is 53.7. The second-order valence-corrected chi connectivity index (χ2v) is 22.5. The van der Waals surface area contributed by atoms with Crippen LogP contribution in [0.1, 0.15) is 70.6 Å². The summed E-state index contributed by atoms with van der Waals surface area (Å²) in [6.45, 7) is 0.617. The van der Waals surface area contributed by atoms with Gasteiger partial charge in [-0.15, -0.1) is 0 Å². The number of aryl methyl sites for hydroxylation is 1. The smallest absolute Gasteiger partial charge is 0.481 e. The molecule has 0 spiro atoms. The number of phosphoric ester groups is 3. The fourth-order valence-corrected chi connectivity index (χ4v) is 12.2. The summed E-state index contributed by atoms with van der Waals surface area (Å²) in [5.41, 5.74) is 6.49. The van der Waals surface area contributed by atoms with E-state index in [4.69, 9.17) is 19.5 Å². The van der Waals surface area contributed by atoms with E-state index in [0.717, 1.165) is 61.3 Å². The van der Waals surface area contributed by atoms with Crippen LogP contribution in [0.15, 0.2) is 43.1 Å². The molecule has 1 aromatic carbocycles. The first-order valence-corrected chi connectivity index (χ1v) is 27.1. The van der Waals surface area contributed by atoms with Gasteiger partial charge in [-0.25, -0.2) is 24.1 Å². The number of rotatable bonds is 25. The molecule has 29 heteroatoms. The number of aliphatic hydroxyl groups is 2. The monoisotopic (exact) mass is 1030 g/mol. The summed E-state index contributed by atoms with van der Waals surface area (Å²) in [5, 5.41) is 28.2. The minimum atomic E-state index is -5.83. The summed E-state index contributed by atoms with van der Waals surface area (Å²) >= 11 is 1.67. The number of aromatic nitrogens is 5. The number of aromatic amines is 1. The number of nitrogens with two attached hydrogens (primary N) is 1. The summed E-state index contributed by atoms with van der Waals surface area (Å²) in [6.07, 6.45) is 0.659. The van der Waals surface area contributed by atoms with E-state index in [9.17, 15) is 57.9 Å². The average molecular weight is 1030 g/mol. The lowest BCUT2D eigenvalue weighted by molar-refractivity contribution is -0.347. The van der Waals surface area contributed by atoms with Crippen molar-refractivity contribution in [2.45, 2.75) is 101 Å². The molecule has 0 bridgehead atoms. The number of nitrogens with one attached hydrogen (secondary N) is 3. The highest BCUT2D eigenvalue weighted by Crippen LogP contribution is 2.61. The van der Waals surface area contributed by atoms with E-state index in [-0.39, 0.29) is 52.8 Å². The van der Waals surface area contributed by atoms with Crippen LogP contribution in [0, 0.1) is 11.3 Å². The minimum absolute atomic E-state index is 0.00184. The van der Waals surface area contributed by atoms with Gasteiger partial charge in [0.15, 0.2) is 17.7 Å². The van der Waals surface area contributed by atoms with Gasteiger partial charge in [0, 0.05) is 65.4 Å². The van der Waals surface area contributed by atoms with Crippen LogP contribution in [0.5, 0.6) is 0 Å². The molecule has 8 unspecified atom stereocenters. The Kier molecular flexibility index (Phi) is 18.2. The van der Waals surface area contributed by atoms with Gasteiger partial charge in [-0.05, 0) is 37.3 Å². The number of thioether (sulfide) groups is 1. The SMILES string of the molecule is CC(C)(COP(=O)(O)OP(=O)(O)OCC1OC(n2cnc3c(N)ncnc32)C(O)C1OP(=O)([O-])[O-])C(O)C(=O)NCCC(=O)NCCS[C@@H]1CCCCC1C(=O)CCCc1c[nH]c2ccccc12. The van der Waals surface area contributed by atoms with E-state index < -0.39 is 78.6 Å². The van der Waals surface area contributed by atoms with Crippen LogP contribution < -0.4 is 26.2 Å². The molecule has 0 radical (unpaired) electrons. The molecular formula is C39H55N8O17P3S-2. The molecule has 6 rings (SSSR count). The van der Waals surface area contributed by atoms with E-state index in [2.05, 4.69) is 45.5 Å². The van der Waals surface area contributed by atoms with Gasteiger partial charge in [0.2, 0.25) is 11.8 Å². The lowest BCUT2D eigenvalue weighted by Gasteiger charge is -2.34. The number of imidazole rings is 1. The second-order valence-electron chi connectivity index (χ2n) is 17.0. The van der Waals surface area contributed by atoms with Crippen molar-refractivity contribution >= 4 is 80.7 Å². The Labute approximate surface area is 394 Å². The van der Waals surface area contributed by atoms with Crippen molar-refractivity contribution in [3.8, 4) is 0 Å². The van der Waals surface area contributed by atoms with Gasteiger partial charge in [0.05, 0.1) is 27.4 Å². The number of nitrogen functional groups attached to an aromatic ring is 1. The highest BCUT2D eigenvalue weighted by Gasteiger charge is 2.49. The number of H-pyrrole nitrogens is 1. The van der Waals surface area contributed by atoms with Crippen LogP contribution in [0.2, 0.25) is 0 Å². The average Bonchev–Trinajstić information content (AvgIpc) is 3.98. The van der Waals surface area contributed by atoms with Gasteiger partial charge in [0.1, 0.15) is 42.0 Å². The summed E-state index contributed by atoms with van der Waals surface area (Å²) in [5.74, 6) is -0.550. The van der Waals surface area contributed by atoms with Gasteiger partial charge in [-0.3, -0.25) is 28.0 Å². The number of Topliss-reactive ketones (excluding diaryl/α,β-unsaturated/α-hetero) is 1. The van der Waals surface area contributed by atoms with Crippen LogP contribution in [0.25, 0.3) is 22.1 Å². The molecule has 2 amide bonds. The maximum absolute atomic E-state index is 13.3. The summed E-state index contributed by atoms with van der Waals surface area (Å²) in [4.78, 5) is 97.2. The molecule has 2 aliphatic rings. The van der Waals surface area contributed by atoms with Crippen LogP contribution >= 0.6 is 35.2 Å². The summed E-state index contributed by atoms with van der Waals surface area (Å²) < 4.78 is 62.0. The summed E-state index contributed by atoms with van der Waals surface area (Å²) in [6, 6.07) is 8.09. The molecule has 4 aromatic rings. The minimum Gasteiger partial charge on any atom is -0.790 e. The number of fused-ring (bicyclic) bond motifs is 2. The lowest BCUT2D eigenvalue weighted by Crippen LogP contribution is -2.46. The number of amides is 2. The zero-order valence-electron chi connectivity index (χ0n) is 37.0. The van der Waals surface area contributed by atoms with Crippen LogP contribution in [0.4, 0.5) is 5.82 Å².